The van der Waals surface area contributed by atoms with Crippen LogP contribution in [-0.2, 0) is 6.42 Å². The highest BCUT2D eigenvalue weighted by atomic mass is 19.1. The molecule has 0 bridgehead atoms. The van der Waals surface area contributed by atoms with Gasteiger partial charge in [-0.05, 0) is 62.9 Å². The van der Waals surface area contributed by atoms with Gasteiger partial charge in [0.2, 0.25) is 0 Å². The molecule has 2 fully saturated rings. The van der Waals surface area contributed by atoms with Gasteiger partial charge in [-0.15, -0.1) is 0 Å². The average molecular weight is 349 g/mol. The van der Waals surface area contributed by atoms with Crippen LogP contribution in [0, 0.1) is 11.7 Å². The molecule has 1 aromatic rings. The SMILES string of the molecule is COc1cc(CCNC(=O)N2CCCC3CN(C)CCC32)ccc1F. The summed E-state index contributed by atoms with van der Waals surface area (Å²) in [5, 5.41) is 3.04. The molecular weight excluding hydrogens is 321 g/mol. The lowest BCUT2D eigenvalue weighted by Gasteiger charge is -2.46. The standard InChI is InChI=1S/C19H28FN3O2/c1-22-11-8-17-15(13-22)4-3-10-23(17)19(24)21-9-7-14-5-6-16(20)18(12-14)25-2/h5-6,12,15,17H,3-4,7-11,13H2,1-2H3,(H,21,24). The van der Waals surface area contributed by atoms with E-state index in [1.807, 2.05) is 4.90 Å². The molecule has 1 N–H and O–H groups in total. The molecule has 25 heavy (non-hydrogen) atoms. The Labute approximate surface area is 149 Å². The van der Waals surface area contributed by atoms with Crippen LogP contribution in [0.3, 0.4) is 0 Å². The number of likely N-dealkylation sites (tertiary alicyclic amines) is 2. The third-order valence-electron chi connectivity index (χ3n) is 5.44. The van der Waals surface area contributed by atoms with Crippen molar-refractivity contribution in [2.75, 3.05) is 40.3 Å². The first kappa shape index (κ1) is 18.0. The Morgan fingerprint density at radius 1 is 1.36 bits per heavy atom. The predicted molar refractivity (Wildman–Crippen MR) is 95.4 cm³/mol. The zero-order chi connectivity index (χ0) is 17.8. The fourth-order valence-corrected chi connectivity index (χ4v) is 4.11. The summed E-state index contributed by atoms with van der Waals surface area (Å²) in [6.07, 6.45) is 4.02. The Kier molecular flexibility index (Phi) is 5.78. The molecule has 0 aromatic heterocycles. The van der Waals surface area contributed by atoms with E-state index in [9.17, 15) is 9.18 Å². The summed E-state index contributed by atoms with van der Waals surface area (Å²) >= 11 is 0. The van der Waals surface area contributed by atoms with Crippen molar-refractivity contribution in [2.45, 2.75) is 31.7 Å². The van der Waals surface area contributed by atoms with Gasteiger partial charge in [0.15, 0.2) is 11.6 Å². The highest BCUT2D eigenvalue weighted by Crippen LogP contribution is 2.30. The molecule has 0 aliphatic carbocycles. The first-order valence-corrected chi connectivity index (χ1v) is 9.14. The number of nitrogens with one attached hydrogen (secondary N) is 1. The second-order valence-electron chi connectivity index (χ2n) is 7.16. The summed E-state index contributed by atoms with van der Waals surface area (Å²) in [4.78, 5) is 17.0. The minimum Gasteiger partial charge on any atom is -0.494 e. The first-order valence-electron chi connectivity index (χ1n) is 9.14. The Hall–Kier alpha value is -1.82. The van der Waals surface area contributed by atoms with E-state index in [2.05, 4.69) is 17.3 Å². The maximum absolute atomic E-state index is 13.4. The highest BCUT2D eigenvalue weighted by Gasteiger charge is 2.37. The van der Waals surface area contributed by atoms with E-state index in [4.69, 9.17) is 4.74 Å². The molecule has 0 saturated carbocycles. The van der Waals surface area contributed by atoms with Gasteiger partial charge in [-0.1, -0.05) is 6.07 Å². The van der Waals surface area contributed by atoms with Crippen LogP contribution in [0.1, 0.15) is 24.8 Å². The number of rotatable bonds is 4. The quantitative estimate of drug-likeness (QED) is 0.908. The lowest BCUT2D eigenvalue weighted by Crippen LogP contribution is -2.57. The summed E-state index contributed by atoms with van der Waals surface area (Å²) in [5.41, 5.74) is 0.953. The van der Waals surface area contributed by atoms with Gasteiger partial charge in [0.1, 0.15) is 0 Å². The monoisotopic (exact) mass is 349 g/mol. The number of hydrogen-bond donors (Lipinski definition) is 1. The molecule has 2 aliphatic rings. The van der Waals surface area contributed by atoms with Gasteiger partial charge in [-0.2, -0.15) is 0 Å². The molecule has 1 aromatic carbocycles. The van der Waals surface area contributed by atoms with E-state index in [1.54, 1.807) is 12.1 Å². The summed E-state index contributed by atoms with van der Waals surface area (Å²) < 4.78 is 18.4. The molecule has 2 atom stereocenters. The first-order chi connectivity index (χ1) is 12.1. The van der Waals surface area contributed by atoms with Gasteiger partial charge in [0, 0.05) is 25.7 Å². The zero-order valence-electron chi connectivity index (χ0n) is 15.1. The summed E-state index contributed by atoms with van der Waals surface area (Å²) in [6.45, 7) is 3.53. The average Bonchev–Trinajstić information content (AvgIpc) is 2.62. The highest BCUT2D eigenvalue weighted by molar-refractivity contribution is 5.74. The summed E-state index contributed by atoms with van der Waals surface area (Å²) in [5.74, 6) is 0.477. The number of piperidine rings is 2. The van der Waals surface area contributed by atoms with Crippen molar-refractivity contribution < 1.29 is 13.9 Å². The molecule has 2 aliphatic heterocycles. The van der Waals surface area contributed by atoms with Crippen molar-refractivity contribution in [1.29, 1.82) is 0 Å². The van der Waals surface area contributed by atoms with Crippen molar-refractivity contribution >= 4 is 6.03 Å². The second kappa shape index (κ2) is 8.04. The van der Waals surface area contributed by atoms with E-state index < -0.39 is 0 Å². The molecule has 2 saturated heterocycles. The Balaban J connectivity index is 1.52. The topological polar surface area (TPSA) is 44.8 Å². The number of benzene rings is 1. The predicted octanol–water partition coefficient (Wildman–Crippen LogP) is 2.50. The molecule has 2 unspecified atom stereocenters. The lowest BCUT2D eigenvalue weighted by atomic mass is 9.84. The largest absolute Gasteiger partial charge is 0.494 e. The number of nitrogens with zero attached hydrogens (tertiary/aromatic N) is 2. The Bertz CT molecular complexity index is 610. The van der Waals surface area contributed by atoms with E-state index in [1.165, 1.54) is 19.6 Å². The zero-order valence-corrected chi connectivity index (χ0v) is 15.1. The molecule has 3 rings (SSSR count). The van der Waals surface area contributed by atoms with Crippen molar-refractivity contribution in [1.82, 2.24) is 15.1 Å². The molecule has 5 nitrogen and oxygen atoms in total. The number of amides is 2. The molecular formula is C19H28FN3O2. The van der Waals surface area contributed by atoms with Crippen LogP contribution < -0.4 is 10.1 Å². The number of urea groups is 1. The van der Waals surface area contributed by atoms with Crippen molar-refractivity contribution in [3.8, 4) is 5.75 Å². The van der Waals surface area contributed by atoms with Gasteiger partial charge < -0.3 is 19.9 Å². The number of halogens is 1. The van der Waals surface area contributed by atoms with Crippen LogP contribution in [0.25, 0.3) is 0 Å². The van der Waals surface area contributed by atoms with Gasteiger partial charge in [0.25, 0.3) is 0 Å². The van der Waals surface area contributed by atoms with Gasteiger partial charge >= 0.3 is 6.03 Å². The molecule has 2 heterocycles. The maximum Gasteiger partial charge on any atom is 0.317 e. The van der Waals surface area contributed by atoms with Crippen LogP contribution in [0.4, 0.5) is 9.18 Å². The molecule has 0 radical (unpaired) electrons. The van der Waals surface area contributed by atoms with Crippen molar-refractivity contribution in [2.24, 2.45) is 5.92 Å². The number of carbonyl (C=O) groups is 1. The molecule has 2 amide bonds. The fraction of sp³-hybridized carbons (Fsp3) is 0.632. The van der Waals surface area contributed by atoms with Gasteiger partial charge in [-0.3, -0.25) is 0 Å². The molecule has 138 valence electrons. The third-order valence-corrected chi connectivity index (χ3v) is 5.44. The van der Waals surface area contributed by atoms with Crippen LogP contribution in [0.2, 0.25) is 0 Å². The number of hydrogen-bond acceptors (Lipinski definition) is 3. The third kappa shape index (κ3) is 4.24. The van der Waals surface area contributed by atoms with Crippen LogP contribution >= 0.6 is 0 Å². The second-order valence-corrected chi connectivity index (χ2v) is 7.16. The van der Waals surface area contributed by atoms with Crippen LogP contribution in [-0.4, -0.2) is 62.2 Å². The van der Waals surface area contributed by atoms with E-state index in [0.29, 0.717) is 24.9 Å². The lowest BCUT2D eigenvalue weighted by molar-refractivity contribution is 0.0534. The van der Waals surface area contributed by atoms with Gasteiger partial charge in [-0.25, -0.2) is 9.18 Å². The Morgan fingerprint density at radius 3 is 3.00 bits per heavy atom. The van der Waals surface area contributed by atoms with E-state index >= 15 is 0 Å². The number of fused-ring (bicyclic) bond motifs is 1. The minimum absolute atomic E-state index is 0.0355. The molecule has 6 heteroatoms. The maximum atomic E-state index is 13.4. The van der Waals surface area contributed by atoms with Crippen LogP contribution in [0.5, 0.6) is 5.75 Å². The minimum atomic E-state index is -0.364. The smallest absolute Gasteiger partial charge is 0.317 e. The molecule has 0 spiro atoms. The Morgan fingerprint density at radius 2 is 2.20 bits per heavy atom. The van der Waals surface area contributed by atoms with Crippen molar-refractivity contribution in [3.05, 3.63) is 29.6 Å². The van der Waals surface area contributed by atoms with E-state index in [-0.39, 0.29) is 17.6 Å². The fourth-order valence-electron chi connectivity index (χ4n) is 4.11. The number of carbonyl (C=O) groups excluding carboxylic acids is 1. The van der Waals surface area contributed by atoms with Gasteiger partial charge in [0.05, 0.1) is 7.11 Å². The summed E-state index contributed by atoms with van der Waals surface area (Å²) in [7, 11) is 3.62. The number of methoxy groups -OCH3 is 1. The van der Waals surface area contributed by atoms with Crippen molar-refractivity contribution in [3.63, 3.8) is 0 Å². The number of ether oxygens (including phenoxy) is 1. The summed E-state index contributed by atoms with van der Waals surface area (Å²) in [6, 6.07) is 5.24. The normalized spacial score (nSPS) is 23.9. The van der Waals surface area contributed by atoms with E-state index in [0.717, 1.165) is 38.0 Å². The van der Waals surface area contributed by atoms with Crippen LogP contribution in [0.15, 0.2) is 18.2 Å².